The summed E-state index contributed by atoms with van der Waals surface area (Å²) in [4.78, 5) is 29.8. The molecule has 0 aliphatic carbocycles. The fourth-order valence-corrected chi connectivity index (χ4v) is 4.67. The summed E-state index contributed by atoms with van der Waals surface area (Å²) in [5, 5.41) is 5.01. The van der Waals surface area contributed by atoms with Crippen LogP contribution in [0.1, 0.15) is 56.7 Å². The monoisotopic (exact) mass is 437 g/mol. The molecule has 162 valence electrons. The molecule has 4 rings (SSSR count). The van der Waals surface area contributed by atoms with Gasteiger partial charge in [-0.2, -0.15) is 0 Å². The van der Waals surface area contributed by atoms with E-state index in [0.29, 0.717) is 22.9 Å². The summed E-state index contributed by atoms with van der Waals surface area (Å²) in [5.74, 6) is 0.878. The Hall–Kier alpha value is -2.79. The fourth-order valence-electron chi connectivity index (χ4n) is 4.49. The van der Waals surface area contributed by atoms with Crippen LogP contribution in [-0.2, 0) is 4.79 Å². The van der Waals surface area contributed by atoms with E-state index >= 15 is 0 Å². The lowest BCUT2D eigenvalue weighted by atomic mass is 9.83. The number of rotatable bonds is 5. The van der Waals surface area contributed by atoms with Gasteiger partial charge in [-0.15, -0.1) is 0 Å². The van der Waals surface area contributed by atoms with Crippen LogP contribution in [0.3, 0.4) is 0 Å². The Morgan fingerprint density at radius 3 is 2.65 bits per heavy atom. The van der Waals surface area contributed by atoms with Crippen LogP contribution >= 0.6 is 11.6 Å². The number of fused-ring (bicyclic) bond motifs is 2. The zero-order chi connectivity index (χ0) is 22.3. The normalized spacial score (nSPS) is 17.2. The molecule has 5 nitrogen and oxygen atoms in total. The van der Waals surface area contributed by atoms with Gasteiger partial charge >= 0.3 is 0 Å². The number of carbonyl (C=O) groups excluding carboxylic acids is 1. The molecular weight excluding hydrogens is 410 g/mol. The number of aromatic nitrogens is 1. The number of aromatic amines is 1. The van der Waals surface area contributed by atoms with Gasteiger partial charge < -0.3 is 15.2 Å². The summed E-state index contributed by atoms with van der Waals surface area (Å²) in [6.07, 6.45) is 1.50. The van der Waals surface area contributed by atoms with Crippen LogP contribution in [0.25, 0.3) is 10.9 Å². The van der Waals surface area contributed by atoms with E-state index < -0.39 is 0 Å². The largest absolute Gasteiger partial charge is 0.378 e. The molecule has 1 amide bonds. The van der Waals surface area contributed by atoms with Crippen molar-refractivity contribution >= 4 is 39.8 Å². The van der Waals surface area contributed by atoms with E-state index in [1.165, 1.54) is 5.56 Å². The second kappa shape index (κ2) is 8.39. The van der Waals surface area contributed by atoms with Gasteiger partial charge in [-0.25, -0.2) is 0 Å². The first-order valence-electron chi connectivity index (χ1n) is 10.7. The summed E-state index contributed by atoms with van der Waals surface area (Å²) in [6.45, 7) is 6.34. The van der Waals surface area contributed by atoms with Crippen molar-refractivity contribution in [2.75, 3.05) is 17.3 Å². The lowest BCUT2D eigenvalue weighted by molar-refractivity contribution is -0.119. The molecule has 0 bridgehead atoms. The summed E-state index contributed by atoms with van der Waals surface area (Å²) >= 11 is 6.12. The molecule has 0 radical (unpaired) electrons. The van der Waals surface area contributed by atoms with Crippen LogP contribution in [0.4, 0.5) is 11.4 Å². The maximum atomic E-state index is 12.7. The maximum Gasteiger partial charge on any atom is 0.253 e. The van der Waals surface area contributed by atoms with Crippen molar-refractivity contribution in [1.82, 2.24) is 4.98 Å². The second-order valence-electron chi connectivity index (χ2n) is 8.91. The van der Waals surface area contributed by atoms with Crippen molar-refractivity contribution in [2.45, 2.75) is 45.6 Å². The third-order valence-electron chi connectivity index (χ3n) is 6.06. The molecule has 3 aromatic rings. The zero-order valence-corrected chi connectivity index (χ0v) is 19.1. The topological polar surface area (TPSA) is 65.2 Å². The molecule has 2 N–H and O–H groups in total. The first-order valence-corrected chi connectivity index (χ1v) is 11.1. The highest BCUT2D eigenvalue weighted by atomic mass is 35.5. The van der Waals surface area contributed by atoms with E-state index in [9.17, 15) is 9.59 Å². The fraction of sp³-hybridized carbons (Fsp3) is 0.360. The maximum absolute atomic E-state index is 12.7. The van der Waals surface area contributed by atoms with E-state index in [-0.39, 0.29) is 23.4 Å². The van der Waals surface area contributed by atoms with Crippen molar-refractivity contribution in [3.8, 4) is 0 Å². The molecule has 1 unspecified atom stereocenters. The third-order valence-corrected chi connectivity index (χ3v) is 6.30. The van der Waals surface area contributed by atoms with Crippen molar-refractivity contribution in [2.24, 2.45) is 5.92 Å². The number of H-pyrrole nitrogens is 1. The molecule has 2 atom stereocenters. The minimum absolute atomic E-state index is 0.115. The molecule has 1 aliphatic heterocycles. The first-order chi connectivity index (χ1) is 14.7. The molecule has 0 spiro atoms. The van der Waals surface area contributed by atoms with Crippen LogP contribution in [0.15, 0.2) is 47.3 Å². The Kier molecular flexibility index (Phi) is 5.80. The Morgan fingerprint density at radius 1 is 1.13 bits per heavy atom. The van der Waals surface area contributed by atoms with Gasteiger partial charge in [-0.3, -0.25) is 9.59 Å². The average molecular weight is 438 g/mol. The number of carbonyl (C=O) groups is 1. The minimum Gasteiger partial charge on any atom is -0.378 e. The summed E-state index contributed by atoms with van der Waals surface area (Å²) in [7, 11) is 1.84. The Balaban J connectivity index is 1.65. The van der Waals surface area contributed by atoms with Crippen molar-refractivity contribution in [1.29, 1.82) is 0 Å². The van der Waals surface area contributed by atoms with Crippen LogP contribution in [0, 0.1) is 5.92 Å². The Bertz CT molecular complexity index is 1200. The highest BCUT2D eigenvalue weighted by Gasteiger charge is 2.30. The highest BCUT2D eigenvalue weighted by molar-refractivity contribution is 6.31. The second-order valence-corrected chi connectivity index (χ2v) is 9.34. The van der Waals surface area contributed by atoms with Crippen molar-refractivity contribution in [3.05, 3.63) is 69.0 Å². The van der Waals surface area contributed by atoms with Gasteiger partial charge in [0.15, 0.2) is 0 Å². The van der Waals surface area contributed by atoms with E-state index in [4.69, 9.17) is 11.6 Å². The molecule has 0 saturated carbocycles. The van der Waals surface area contributed by atoms with Gasteiger partial charge in [0.2, 0.25) is 5.91 Å². The smallest absolute Gasteiger partial charge is 0.253 e. The molecule has 1 aliphatic rings. The van der Waals surface area contributed by atoms with E-state index in [1.807, 2.05) is 44.3 Å². The van der Waals surface area contributed by atoms with Gasteiger partial charge in [0, 0.05) is 46.3 Å². The standard InChI is InChI=1S/C25H28ClN3O2/c1-14(2)9-16-12-24(30)29(4)23-8-6-19(13-21(16)23)27-15(3)20-11-17-10-18(26)5-7-22(17)28-25(20)31/h5-8,10-11,13-16,27H,9,12H2,1-4H3,(H,28,31)/t15?,16-/m1/s1. The number of hydrogen-bond donors (Lipinski definition) is 2. The summed E-state index contributed by atoms with van der Waals surface area (Å²) in [5.41, 5.74) is 4.40. The predicted octanol–water partition coefficient (Wildman–Crippen LogP) is 5.85. The first kappa shape index (κ1) is 21.4. The lowest BCUT2D eigenvalue weighted by Gasteiger charge is -2.33. The molecular formula is C25H28ClN3O2. The number of anilines is 2. The van der Waals surface area contributed by atoms with Gasteiger partial charge in [0.25, 0.3) is 5.56 Å². The highest BCUT2D eigenvalue weighted by Crippen LogP contribution is 2.40. The Morgan fingerprint density at radius 2 is 1.90 bits per heavy atom. The van der Waals surface area contributed by atoms with Gasteiger partial charge in [0.1, 0.15) is 0 Å². The Labute approximate surface area is 187 Å². The van der Waals surface area contributed by atoms with Crippen LogP contribution in [-0.4, -0.2) is 17.9 Å². The van der Waals surface area contributed by atoms with Crippen LogP contribution in [0.2, 0.25) is 5.02 Å². The summed E-state index contributed by atoms with van der Waals surface area (Å²) in [6, 6.07) is 13.2. The number of nitrogens with zero attached hydrogens (tertiary/aromatic N) is 1. The van der Waals surface area contributed by atoms with Crippen LogP contribution < -0.4 is 15.8 Å². The van der Waals surface area contributed by atoms with Gasteiger partial charge in [0.05, 0.1) is 6.04 Å². The molecule has 2 heterocycles. The molecule has 1 aromatic heterocycles. The van der Waals surface area contributed by atoms with E-state index in [0.717, 1.165) is 28.7 Å². The predicted molar refractivity (Wildman–Crippen MR) is 128 cm³/mol. The van der Waals surface area contributed by atoms with E-state index in [1.54, 1.807) is 11.0 Å². The molecule has 31 heavy (non-hydrogen) atoms. The number of pyridine rings is 1. The van der Waals surface area contributed by atoms with Gasteiger partial charge in [-0.05, 0) is 73.2 Å². The summed E-state index contributed by atoms with van der Waals surface area (Å²) < 4.78 is 0. The molecule has 6 heteroatoms. The third kappa shape index (κ3) is 4.33. The lowest BCUT2D eigenvalue weighted by Crippen LogP contribution is -2.33. The van der Waals surface area contributed by atoms with Crippen LogP contribution in [0.5, 0.6) is 0 Å². The number of halogens is 1. The number of benzene rings is 2. The molecule has 2 aromatic carbocycles. The van der Waals surface area contributed by atoms with Crippen molar-refractivity contribution < 1.29 is 4.79 Å². The van der Waals surface area contributed by atoms with Gasteiger partial charge in [-0.1, -0.05) is 25.4 Å². The van der Waals surface area contributed by atoms with E-state index in [2.05, 4.69) is 30.2 Å². The minimum atomic E-state index is -0.198. The molecule has 0 saturated heterocycles. The molecule has 0 fully saturated rings. The number of amides is 1. The average Bonchev–Trinajstić information content (AvgIpc) is 2.71. The SMILES string of the molecule is CC(C)C[C@@H]1CC(=O)N(C)c2ccc(NC(C)c3cc4cc(Cl)ccc4[nH]c3=O)cc21. The number of hydrogen-bond acceptors (Lipinski definition) is 3. The quantitative estimate of drug-likeness (QED) is 0.526. The number of nitrogens with one attached hydrogen (secondary N) is 2. The van der Waals surface area contributed by atoms with Crippen molar-refractivity contribution in [3.63, 3.8) is 0 Å². The zero-order valence-electron chi connectivity index (χ0n) is 18.3.